The number of nitrogens with one attached hydrogen (secondary N) is 1. The normalized spacial score (nSPS) is 10.7. The minimum absolute atomic E-state index is 0.0187. The van der Waals surface area contributed by atoms with Gasteiger partial charge in [0.05, 0.1) is 24.1 Å². The van der Waals surface area contributed by atoms with E-state index in [1.54, 1.807) is 6.92 Å². The van der Waals surface area contributed by atoms with E-state index in [2.05, 4.69) is 25.3 Å². The first-order chi connectivity index (χ1) is 12.0. The standard InChI is InChI=1S/C17H18N6O2/c1-9-4-5-10(2)21-12(9)8-20-16(24)14-15(18)23-13(11(3)22-14)17-19-6-7-25-17/h4-7H,8H2,1-3H3,(H2,18,23)(H,20,24). The predicted octanol–water partition coefficient (Wildman–Crippen LogP) is 1.96. The molecule has 0 aromatic carbocycles. The molecular weight excluding hydrogens is 320 g/mol. The Labute approximate surface area is 144 Å². The Morgan fingerprint density at radius 3 is 2.72 bits per heavy atom. The number of rotatable bonds is 4. The maximum atomic E-state index is 12.4. The number of amides is 1. The molecule has 25 heavy (non-hydrogen) atoms. The minimum Gasteiger partial charge on any atom is -0.443 e. The summed E-state index contributed by atoms with van der Waals surface area (Å²) in [4.78, 5) is 29.3. The predicted molar refractivity (Wildman–Crippen MR) is 91.6 cm³/mol. The van der Waals surface area contributed by atoms with Crippen LogP contribution in [0.4, 0.5) is 5.82 Å². The molecule has 0 radical (unpaired) electrons. The quantitative estimate of drug-likeness (QED) is 0.746. The lowest BCUT2D eigenvalue weighted by Gasteiger charge is -2.10. The number of nitrogen functional groups attached to an aromatic ring is 1. The zero-order valence-corrected chi connectivity index (χ0v) is 14.2. The summed E-state index contributed by atoms with van der Waals surface area (Å²) in [6, 6.07) is 3.89. The van der Waals surface area contributed by atoms with Gasteiger partial charge in [-0.2, -0.15) is 0 Å². The summed E-state index contributed by atoms with van der Waals surface area (Å²) in [5.41, 5.74) is 9.58. The molecule has 3 rings (SSSR count). The summed E-state index contributed by atoms with van der Waals surface area (Å²) in [6.45, 7) is 5.85. The second kappa shape index (κ2) is 6.68. The molecule has 8 heteroatoms. The van der Waals surface area contributed by atoms with E-state index in [0.717, 1.165) is 17.0 Å². The Bertz CT molecular complexity index is 921. The van der Waals surface area contributed by atoms with Crippen LogP contribution in [-0.2, 0) is 6.54 Å². The molecule has 3 N–H and O–H groups in total. The number of carbonyl (C=O) groups is 1. The van der Waals surface area contributed by atoms with Crippen LogP contribution in [-0.4, -0.2) is 25.8 Å². The molecule has 8 nitrogen and oxygen atoms in total. The van der Waals surface area contributed by atoms with Crippen LogP contribution in [0.5, 0.6) is 0 Å². The molecule has 0 saturated heterocycles. The third kappa shape index (κ3) is 3.47. The molecule has 0 atom stereocenters. The number of carbonyl (C=O) groups excluding carboxylic acids is 1. The van der Waals surface area contributed by atoms with Crippen LogP contribution in [0.3, 0.4) is 0 Å². The summed E-state index contributed by atoms with van der Waals surface area (Å²) < 4.78 is 5.21. The van der Waals surface area contributed by atoms with Crippen LogP contribution in [0.1, 0.15) is 33.1 Å². The second-order valence-corrected chi connectivity index (χ2v) is 5.63. The highest BCUT2D eigenvalue weighted by Gasteiger charge is 2.18. The van der Waals surface area contributed by atoms with Crippen molar-refractivity contribution in [1.29, 1.82) is 0 Å². The van der Waals surface area contributed by atoms with Crippen molar-refractivity contribution in [3.05, 3.63) is 52.9 Å². The molecule has 0 bridgehead atoms. The van der Waals surface area contributed by atoms with Gasteiger partial charge in [-0.25, -0.2) is 15.0 Å². The van der Waals surface area contributed by atoms with E-state index >= 15 is 0 Å². The molecule has 3 aromatic heterocycles. The number of hydrogen-bond donors (Lipinski definition) is 2. The highest BCUT2D eigenvalue weighted by atomic mass is 16.3. The van der Waals surface area contributed by atoms with E-state index in [9.17, 15) is 4.79 Å². The van der Waals surface area contributed by atoms with Crippen molar-refractivity contribution in [2.45, 2.75) is 27.3 Å². The fourth-order valence-corrected chi connectivity index (χ4v) is 2.35. The van der Waals surface area contributed by atoms with Gasteiger partial charge in [-0.05, 0) is 32.4 Å². The van der Waals surface area contributed by atoms with Gasteiger partial charge < -0.3 is 15.5 Å². The Morgan fingerprint density at radius 1 is 1.20 bits per heavy atom. The summed E-state index contributed by atoms with van der Waals surface area (Å²) in [5.74, 6) is -0.0803. The Morgan fingerprint density at radius 2 is 2.00 bits per heavy atom. The van der Waals surface area contributed by atoms with Crippen LogP contribution in [0.25, 0.3) is 11.6 Å². The monoisotopic (exact) mass is 338 g/mol. The van der Waals surface area contributed by atoms with Crippen molar-refractivity contribution in [2.75, 3.05) is 5.73 Å². The minimum atomic E-state index is -0.408. The van der Waals surface area contributed by atoms with E-state index in [0.29, 0.717) is 17.3 Å². The van der Waals surface area contributed by atoms with Crippen LogP contribution in [0, 0.1) is 20.8 Å². The van der Waals surface area contributed by atoms with Crippen molar-refractivity contribution in [3.8, 4) is 11.6 Å². The number of anilines is 1. The summed E-state index contributed by atoms with van der Waals surface area (Å²) in [5, 5.41) is 2.78. The SMILES string of the molecule is Cc1ccc(C)c(CNC(=O)c2nc(C)c(-c3ncco3)nc2N)n1. The molecular formula is C17H18N6O2. The first kappa shape index (κ1) is 16.6. The van der Waals surface area contributed by atoms with Crippen LogP contribution < -0.4 is 11.1 Å². The van der Waals surface area contributed by atoms with Crippen molar-refractivity contribution in [1.82, 2.24) is 25.3 Å². The van der Waals surface area contributed by atoms with Gasteiger partial charge in [0.1, 0.15) is 12.0 Å². The van der Waals surface area contributed by atoms with E-state index in [4.69, 9.17) is 10.2 Å². The topological polar surface area (TPSA) is 120 Å². The van der Waals surface area contributed by atoms with E-state index in [-0.39, 0.29) is 18.1 Å². The third-order valence-corrected chi connectivity index (χ3v) is 3.70. The molecule has 0 aliphatic heterocycles. The van der Waals surface area contributed by atoms with E-state index < -0.39 is 5.91 Å². The molecule has 3 heterocycles. The number of nitrogens with zero attached hydrogens (tertiary/aromatic N) is 4. The van der Waals surface area contributed by atoms with E-state index in [1.165, 1.54) is 12.5 Å². The van der Waals surface area contributed by atoms with Gasteiger partial charge in [0.15, 0.2) is 11.5 Å². The Balaban J connectivity index is 1.80. The van der Waals surface area contributed by atoms with Crippen LogP contribution >= 0.6 is 0 Å². The smallest absolute Gasteiger partial charge is 0.274 e. The average molecular weight is 338 g/mol. The first-order valence-corrected chi connectivity index (χ1v) is 7.71. The number of aryl methyl sites for hydroxylation is 3. The van der Waals surface area contributed by atoms with Gasteiger partial charge in [-0.3, -0.25) is 9.78 Å². The van der Waals surface area contributed by atoms with Crippen LogP contribution in [0.2, 0.25) is 0 Å². The first-order valence-electron chi connectivity index (χ1n) is 7.71. The second-order valence-electron chi connectivity index (χ2n) is 5.63. The third-order valence-electron chi connectivity index (χ3n) is 3.70. The maximum Gasteiger partial charge on any atom is 0.274 e. The Kier molecular flexibility index (Phi) is 4.42. The summed E-state index contributed by atoms with van der Waals surface area (Å²) in [6.07, 6.45) is 2.94. The highest BCUT2D eigenvalue weighted by molar-refractivity contribution is 5.96. The van der Waals surface area contributed by atoms with Gasteiger partial charge in [0.2, 0.25) is 5.89 Å². The maximum absolute atomic E-state index is 12.4. The van der Waals surface area contributed by atoms with Crippen molar-refractivity contribution >= 4 is 11.7 Å². The molecule has 0 saturated carbocycles. The largest absolute Gasteiger partial charge is 0.443 e. The summed E-state index contributed by atoms with van der Waals surface area (Å²) >= 11 is 0. The van der Waals surface area contributed by atoms with Gasteiger partial charge in [-0.15, -0.1) is 0 Å². The molecule has 0 fully saturated rings. The zero-order chi connectivity index (χ0) is 18.0. The lowest BCUT2D eigenvalue weighted by Crippen LogP contribution is -2.26. The number of nitrogens with two attached hydrogens (primary N) is 1. The summed E-state index contributed by atoms with van der Waals surface area (Å²) in [7, 11) is 0. The van der Waals surface area contributed by atoms with Crippen molar-refractivity contribution in [3.63, 3.8) is 0 Å². The van der Waals surface area contributed by atoms with E-state index in [1.807, 2.05) is 26.0 Å². The molecule has 128 valence electrons. The lowest BCUT2D eigenvalue weighted by molar-refractivity contribution is 0.0946. The number of hydrogen-bond acceptors (Lipinski definition) is 7. The Hall–Kier alpha value is -3.29. The van der Waals surface area contributed by atoms with Crippen LogP contribution in [0.15, 0.2) is 29.0 Å². The fraction of sp³-hybridized carbons (Fsp3) is 0.235. The van der Waals surface area contributed by atoms with Gasteiger partial charge in [0, 0.05) is 5.69 Å². The van der Waals surface area contributed by atoms with Gasteiger partial charge >= 0.3 is 0 Å². The van der Waals surface area contributed by atoms with Crippen molar-refractivity contribution < 1.29 is 9.21 Å². The highest BCUT2D eigenvalue weighted by Crippen LogP contribution is 2.20. The molecule has 0 aliphatic carbocycles. The van der Waals surface area contributed by atoms with Gasteiger partial charge in [-0.1, -0.05) is 6.07 Å². The van der Waals surface area contributed by atoms with Gasteiger partial charge in [0.25, 0.3) is 5.91 Å². The molecule has 3 aromatic rings. The number of oxazole rings is 1. The molecule has 0 spiro atoms. The average Bonchev–Trinajstić information content (AvgIpc) is 3.11. The molecule has 0 unspecified atom stereocenters. The molecule has 1 amide bonds. The zero-order valence-electron chi connectivity index (χ0n) is 14.2. The lowest BCUT2D eigenvalue weighted by atomic mass is 10.2. The number of aromatic nitrogens is 4. The van der Waals surface area contributed by atoms with Crippen molar-refractivity contribution in [2.24, 2.45) is 0 Å². The number of pyridine rings is 1. The fourth-order valence-electron chi connectivity index (χ4n) is 2.35. The molecule has 0 aliphatic rings.